The third-order valence-corrected chi connectivity index (χ3v) is 6.84. The van der Waals surface area contributed by atoms with Crippen LogP contribution < -0.4 is 24.2 Å². The lowest BCUT2D eigenvalue weighted by atomic mass is 10.2. The van der Waals surface area contributed by atoms with Gasteiger partial charge in [0.15, 0.2) is 11.5 Å². The zero-order chi connectivity index (χ0) is 21.7. The molecule has 10 heteroatoms. The number of nitrogens with one attached hydrogen (secondary N) is 2. The van der Waals surface area contributed by atoms with Gasteiger partial charge in [-0.15, -0.1) is 11.3 Å². The molecule has 3 aromatic rings. The Morgan fingerprint density at radius 2 is 1.60 bits per heavy atom. The Balaban J connectivity index is 1.82. The van der Waals surface area contributed by atoms with Crippen LogP contribution >= 0.6 is 11.3 Å². The van der Waals surface area contributed by atoms with Crippen molar-refractivity contribution < 1.29 is 27.4 Å². The largest absolute Gasteiger partial charge is 0.493 e. The van der Waals surface area contributed by atoms with Crippen molar-refractivity contribution in [3.05, 3.63) is 59.5 Å². The Hall–Kier alpha value is -3.24. The average molecular weight is 449 g/mol. The third kappa shape index (κ3) is 4.66. The average Bonchev–Trinajstić information content (AvgIpc) is 3.29. The summed E-state index contributed by atoms with van der Waals surface area (Å²) in [7, 11) is 0.737. The second kappa shape index (κ2) is 9.06. The molecule has 0 bridgehead atoms. The third-order valence-electron chi connectivity index (χ3n) is 4.06. The fourth-order valence-corrected chi connectivity index (χ4v) is 4.74. The standard InChI is InChI=1S/C20H20N2O6S2/c1-26-16-11-15(12-17(27-2)19(16)28-3)21-20(23)13-6-4-7-14(10-13)22-30(24,25)18-8-5-9-29-18/h4-12,22H,1-3H3,(H,21,23). The highest BCUT2D eigenvalue weighted by atomic mass is 32.2. The van der Waals surface area contributed by atoms with Crippen LogP contribution in [0.25, 0.3) is 0 Å². The zero-order valence-corrected chi connectivity index (χ0v) is 18.1. The van der Waals surface area contributed by atoms with Crippen molar-refractivity contribution in [3.63, 3.8) is 0 Å². The fraction of sp³-hybridized carbons (Fsp3) is 0.150. The van der Waals surface area contributed by atoms with E-state index in [0.29, 0.717) is 22.9 Å². The molecule has 30 heavy (non-hydrogen) atoms. The first-order valence-corrected chi connectivity index (χ1v) is 11.0. The van der Waals surface area contributed by atoms with Crippen LogP contribution in [0.15, 0.2) is 58.1 Å². The number of thiophene rings is 1. The minimum atomic E-state index is -3.71. The van der Waals surface area contributed by atoms with Gasteiger partial charge in [0, 0.05) is 29.1 Å². The molecule has 0 fully saturated rings. The smallest absolute Gasteiger partial charge is 0.271 e. The molecule has 0 unspecified atom stereocenters. The minimum Gasteiger partial charge on any atom is -0.493 e. The van der Waals surface area contributed by atoms with Gasteiger partial charge in [0.25, 0.3) is 15.9 Å². The molecule has 0 aliphatic rings. The molecule has 0 aliphatic carbocycles. The Kier molecular flexibility index (Phi) is 6.48. The highest BCUT2D eigenvalue weighted by molar-refractivity contribution is 7.94. The minimum absolute atomic E-state index is 0.190. The van der Waals surface area contributed by atoms with E-state index < -0.39 is 15.9 Å². The summed E-state index contributed by atoms with van der Waals surface area (Å²) in [6.45, 7) is 0. The van der Waals surface area contributed by atoms with Crippen LogP contribution in [0.2, 0.25) is 0 Å². The van der Waals surface area contributed by atoms with Crippen molar-refractivity contribution in [3.8, 4) is 17.2 Å². The number of ether oxygens (including phenoxy) is 3. The Labute approximate surface area is 178 Å². The summed E-state index contributed by atoms with van der Waals surface area (Å²) in [5.41, 5.74) is 0.982. The molecule has 0 saturated heterocycles. The van der Waals surface area contributed by atoms with Crippen LogP contribution in [0.3, 0.4) is 0 Å². The van der Waals surface area contributed by atoms with Gasteiger partial charge in [0.05, 0.1) is 21.3 Å². The van der Waals surface area contributed by atoms with Crippen molar-refractivity contribution in [2.75, 3.05) is 31.4 Å². The van der Waals surface area contributed by atoms with Gasteiger partial charge in [-0.3, -0.25) is 9.52 Å². The quantitative estimate of drug-likeness (QED) is 0.543. The van der Waals surface area contributed by atoms with Gasteiger partial charge < -0.3 is 19.5 Å². The van der Waals surface area contributed by atoms with Gasteiger partial charge in [-0.1, -0.05) is 12.1 Å². The predicted octanol–water partition coefficient (Wildman–Crippen LogP) is 3.83. The molecule has 0 spiro atoms. The molecule has 1 aromatic heterocycles. The maximum atomic E-state index is 12.7. The number of hydrogen-bond donors (Lipinski definition) is 2. The molecule has 0 radical (unpaired) electrons. The van der Waals surface area contributed by atoms with E-state index >= 15 is 0 Å². The molecular weight excluding hydrogens is 428 g/mol. The number of carbonyl (C=O) groups excluding carboxylic acids is 1. The topological polar surface area (TPSA) is 103 Å². The highest BCUT2D eigenvalue weighted by Crippen LogP contribution is 2.40. The Morgan fingerprint density at radius 1 is 0.900 bits per heavy atom. The summed E-state index contributed by atoms with van der Waals surface area (Å²) >= 11 is 1.11. The monoisotopic (exact) mass is 448 g/mol. The van der Waals surface area contributed by atoms with Crippen LogP contribution in [-0.4, -0.2) is 35.7 Å². The summed E-state index contributed by atoms with van der Waals surface area (Å²) < 4.78 is 43.3. The van der Waals surface area contributed by atoms with Crippen molar-refractivity contribution >= 4 is 38.6 Å². The van der Waals surface area contributed by atoms with E-state index in [0.717, 1.165) is 11.3 Å². The van der Waals surface area contributed by atoms with Crippen LogP contribution in [0.5, 0.6) is 17.2 Å². The molecule has 0 atom stereocenters. The first-order valence-electron chi connectivity index (χ1n) is 8.65. The van der Waals surface area contributed by atoms with E-state index in [-0.39, 0.29) is 15.5 Å². The fourth-order valence-electron chi connectivity index (χ4n) is 2.70. The molecule has 8 nitrogen and oxygen atoms in total. The zero-order valence-electron chi connectivity index (χ0n) is 16.5. The van der Waals surface area contributed by atoms with Crippen molar-refractivity contribution in [2.24, 2.45) is 0 Å². The van der Waals surface area contributed by atoms with Crippen molar-refractivity contribution in [2.45, 2.75) is 4.21 Å². The van der Waals surface area contributed by atoms with Gasteiger partial charge in [-0.05, 0) is 29.6 Å². The van der Waals surface area contributed by atoms with E-state index in [1.165, 1.54) is 33.5 Å². The number of amides is 1. The van der Waals surface area contributed by atoms with Gasteiger partial charge in [0.1, 0.15) is 4.21 Å². The number of hydrogen-bond acceptors (Lipinski definition) is 7. The van der Waals surface area contributed by atoms with Crippen LogP contribution in [0.1, 0.15) is 10.4 Å². The lowest BCUT2D eigenvalue weighted by molar-refractivity contribution is 0.102. The molecule has 2 aromatic carbocycles. The van der Waals surface area contributed by atoms with Crippen molar-refractivity contribution in [1.82, 2.24) is 0 Å². The molecule has 2 N–H and O–H groups in total. The van der Waals surface area contributed by atoms with Crippen LogP contribution in [-0.2, 0) is 10.0 Å². The second-order valence-corrected chi connectivity index (χ2v) is 8.84. The predicted molar refractivity (Wildman–Crippen MR) is 116 cm³/mol. The van der Waals surface area contributed by atoms with Gasteiger partial charge in [0.2, 0.25) is 5.75 Å². The van der Waals surface area contributed by atoms with Crippen molar-refractivity contribution in [1.29, 1.82) is 0 Å². The molecule has 0 aliphatic heterocycles. The number of anilines is 2. The Bertz CT molecular complexity index is 1120. The van der Waals surface area contributed by atoms with E-state index in [9.17, 15) is 13.2 Å². The van der Waals surface area contributed by atoms with Gasteiger partial charge in [-0.2, -0.15) is 0 Å². The van der Waals surface area contributed by atoms with Gasteiger partial charge in [-0.25, -0.2) is 8.42 Å². The molecule has 0 saturated carbocycles. The highest BCUT2D eigenvalue weighted by Gasteiger charge is 2.17. The first-order chi connectivity index (χ1) is 14.4. The van der Waals surface area contributed by atoms with E-state index in [1.807, 2.05) is 0 Å². The number of benzene rings is 2. The van der Waals surface area contributed by atoms with E-state index in [1.54, 1.807) is 41.8 Å². The number of carbonyl (C=O) groups is 1. The number of rotatable bonds is 8. The molecule has 158 valence electrons. The number of sulfonamides is 1. The van der Waals surface area contributed by atoms with E-state index in [2.05, 4.69) is 10.0 Å². The normalized spacial score (nSPS) is 10.9. The van der Waals surface area contributed by atoms with Crippen LogP contribution in [0, 0.1) is 0 Å². The second-order valence-electron chi connectivity index (χ2n) is 5.99. The Morgan fingerprint density at radius 3 is 2.17 bits per heavy atom. The molecule has 3 rings (SSSR count). The first kappa shape index (κ1) is 21.5. The van der Waals surface area contributed by atoms with Crippen LogP contribution in [0.4, 0.5) is 11.4 Å². The number of methoxy groups -OCH3 is 3. The summed E-state index contributed by atoms with van der Waals surface area (Å²) in [6.07, 6.45) is 0. The van der Waals surface area contributed by atoms with Gasteiger partial charge >= 0.3 is 0 Å². The lowest BCUT2D eigenvalue weighted by Gasteiger charge is -2.15. The molecule has 1 amide bonds. The molecule has 1 heterocycles. The maximum Gasteiger partial charge on any atom is 0.271 e. The lowest BCUT2D eigenvalue weighted by Crippen LogP contribution is -2.14. The summed E-state index contributed by atoms with van der Waals surface area (Å²) in [5.74, 6) is 0.763. The summed E-state index contributed by atoms with van der Waals surface area (Å²) in [6, 6.07) is 12.6. The molecular formula is C20H20N2O6S2. The SMILES string of the molecule is COc1cc(NC(=O)c2cccc(NS(=O)(=O)c3cccs3)c2)cc(OC)c1OC. The maximum absolute atomic E-state index is 12.7. The summed E-state index contributed by atoms with van der Waals surface area (Å²) in [4.78, 5) is 12.7. The summed E-state index contributed by atoms with van der Waals surface area (Å²) in [5, 5.41) is 4.42. The van der Waals surface area contributed by atoms with E-state index in [4.69, 9.17) is 14.2 Å².